The molecule has 8 rings (SSSR count). The molecule has 330 valence electrons. The molecule has 61 heavy (non-hydrogen) atoms. The molecule has 0 atom stereocenters. The number of likely N-dealkylation sites (tertiary alicyclic amines) is 1. The van der Waals surface area contributed by atoms with E-state index in [0.29, 0.717) is 54.5 Å². The summed E-state index contributed by atoms with van der Waals surface area (Å²) in [4.78, 5) is 35.9. The molecule has 2 N–H and O–H groups in total. The lowest BCUT2D eigenvalue weighted by Crippen LogP contribution is -2.51. The van der Waals surface area contributed by atoms with Gasteiger partial charge in [-0.05, 0) is 81.1 Å². The lowest BCUT2D eigenvalue weighted by atomic mass is 9.88. The molecule has 4 aliphatic heterocycles. The van der Waals surface area contributed by atoms with Crippen molar-refractivity contribution < 1.29 is 44.3 Å². The Hall–Kier alpha value is -4.87. The number of aromatic nitrogens is 6. The van der Waals surface area contributed by atoms with Gasteiger partial charge < -0.3 is 10.2 Å². The Morgan fingerprint density at radius 2 is 1.57 bits per heavy atom. The van der Waals surface area contributed by atoms with Crippen molar-refractivity contribution in [2.24, 2.45) is 13.0 Å². The summed E-state index contributed by atoms with van der Waals surface area (Å²) in [7, 11) is -1.89. The molecule has 4 saturated heterocycles. The standard InChI is InChI=1S/C38H46F6N12O4S/c1-51-31-18-26(2-3-29(31)34(50-51)56-17-10-32(57)48-36(56)58)25-6-11-52(12-7-25)21-24-4-13-54(14-5-24)61(59,60)55-15-8-28(9-16-55)47-35-45-20-30(38(42,43)44)33(49-35)27-19-46-53(22-27)23-37(39,40)41/h2-3,18-20,22,24-25,28H,4-17,21,23H2,1H3,(H,45,47,49)(H,48,57,58). The van der Waals surface area contributed by atoms with Crippen LogP contribution >= 0.6 is 0 Å². The second-order valence-corrected chi connectivity index (χ2v) is 18.1. The van der Waals surface area contributed by atoms with Gasteiger partial charge in [0, 0.05) is 82.1 Å². The van der Waals surface area contributed by atoms with Crippen LogP contribution in [0.4, 0.5) is 42.9 Å². The highest BCUT2D eigenvalue weighted by Gasteiger charge is 2.39. The van der Waals surface area contributed by atoms with E-state index in [0.717, 1.165) is 68.6 Å². The summed E-state index contributed by atoms with van der Waals surface area (Å²) in [5.74, 6) is 0.806. The zero-order valence-electron chi connectivity index (χ0n) is 33.3. The largest absolute Gasteiger partial charge is 0.419 e. The van der Waals surface area contributed by atoms with E-state index in [1.807, 2.05) is 13.1 Å². The lowest BCUT2D eigenvalue weighted by Gasteiger charge is -2.39. The zero-order chi connectivity index (χ0) is 43.3. The number of carbonyl (C=O) groups is 2. The Bertz CT molecular complexity index is 2360. The van der Waals surface area contributed by atoms with Gasteiger partial charge in [0.1, 0.15) is 12.1 Å². The second-order valence-electron chi connectivity index (χ2n) is 16.2. The number of urea groups is 1. The molecule has 4 fully saturated rings. The molecule has 3 amide bonds. The van der Waals surface area contributed by atoms with Gasteiger partial charge in [-0.15, -0.1) is 0 Å². The number of imide groups is 1. The van der Waals surface area contributed by atoms with E-state index in [1.54, 1.807) is 4.68 Å². The first-order valence-corrected chi connectivity index (χ1v) is 21.7. The zero-order valence-corrected chi connectivity index (χ0v) is 34.1. The number of aryl methyl sites for hydroxylation is 1. The fraction of sp³-hybridized carbons (Fsp3) is 0.579. The number of carbonyl (C=O) groups excluding carboxylic acids is 2. The molecule has 4 aromatic rings. The number of fused-ring (bicyclic) bond motifs is 1. The number of nitrogens with zero attached hydrogens (tertiary/aromatic N) is 10. The van der Waals surface area contributed by atoms with Crippen molar-refractivity contribution >= 4 is 44.8 Å². The van der Waals surface area contributed by atoms with Gasteiger partial charge in [-0.1, -0.05) is 6.07 Å². The van der Waals surface area contributed by atoms with Crippen molar-refractivity contribution in [1.29, 1.82) is 0 Å². The highest BCUT2D eigenvalue weighted by atomic mass is 32.2. The van der Waals surface area contributed by atoms with Gasteiger partial charge >= 0.3 is 18.4 Å². The molecule has 0 spiro atoms. The Morgan fingerprint density at radius 3 is 2.23 bits per heavy atom. The summed E-state index contributed by atoms with van der Waals surface area (Å²) in [6.07, 6.45) is -2.85. The van der Waals surface area contributed by atoms with Crippen molar-refractivity contribution in [2.75, 3.05) is 62.6 Å². The number of halogens is 6. The number of hydrogen-bond donors (Lipinski definition) is 2. The van der Waals surface area contributed by atoms with Gasteiger partial charge in [-0.3, -0.25) is 24.4 Å². The quantitative estimate of drug-likeness (QED) is 0.208. The number of anilines is 2. The smallest absolute Gasteiger partial charge is 0.351 e. The van der Waals surface area contributed by atoms with E-state index in [9.17, 15) is 44.3 Å². The SMILES string of the molecule is Cn1nc(N2CCC(=O)NC2=O)c2ccc(C3CCN(CC4CCN(S(=O)(=O)N5CCC(Nc6ncc(C(F)(F)F)c(-c7cnn(CC(F)(F)F)c7)n6)CC5)CC4)CC3)cc21. The van der Waals surface area contributed by atoms with Gasteiger partial charge in [-0.2, -0.15) is 53.6 Å². The van der Waals surface area contributed by atoms with Crippen molar-refractivity contribution in [3.8, 4) is 11.3 Å². The van der Waals surface area contributed by atoms with Crippen LogP contribution in [0.15, 0.2) is 36.8 Å². The number of alkyl halides is 6. The van der Waals surface area contributed by atoms with Crippen molar-refractivity contribution in [3.05, 3.63) is 47.9 Å². The normalized spacial score (nSPS) is 20.5. The Kier molecular flexibility index (Phi) is 11.8. The Balaban J connectivity index is 0.799. The minimum atomic E-state index is -4.88. The molecule has 0 bridgehead atoms. The molecule has 23 heteroatoms. The third-order valence-corrected chi connectivity index (χ3v) is 14.1. The van der Waals surface area contributed by atoms with Crippen molar-refractivity contribution in [3.63, 3.8) is 0 Å². The number of nitrogens with one attached hydrogen (secondary N) is 2. The summed E-state index contributed by atoms with van der Waals surface area (Å²) in [6.45, 7) is 2.72. The highest BCUT2D eigenvalue weighted by molar-refractivity contribution is 7.86. The van der Waals surface area contributed by atoms with E-state index < -0.39 is 46.4 Å². The van der Waals surface area contributed by atoms with Crippen molar-refractivity contribution in [1.82, 2.24) is 48.4 Å². The molecular formula is C38H46F6N12O4S. The molecule has 0 unspecified atom stereocenters. The maximum absolute atomic E-state index is 13.8. The number of benzene rings is 1. The number of piperidine rings is 3. The maximum atomic E-state index is 13.8. The topological polar surface area (TPSA) is 167 Å². The first-order chi connectivity index (χ1) is 28.9. The summed E-state index contributed by atoms with van der Waals surface area (Å²) in [6, 6.07) is 5.43. The predicted molar refractivity (Wildman–Crippen MR) is 210 cm³/mol. The fourth-order valence-corrected chi connectivity index (χ4v) is 10.5. The molecule has 16 nitrogen and oxygen atoms in total. The fourth-order valence-electron chi connectivity index (χ4n) is 8.82. The summed E-state index contributed by atoms with van der Waals surface area (Å²) < 4.78 is 113. The minimum absolute atomic E-state index is 0.161. The Labute approximate surface area is 347 Å². The van der Waals surface area contributed by atoms with Crippen LogP contribution in [0.3, 0.4) is 0 Å². The summed E-state index contributed by atoms with van der Waals surface area (Å²) in [5.41, 5.74) is 0.0440. The third kappa shape index (κ3) is 9.48. The average molecular weight is 881 g/mol. The third-order valence-electron chi connectivity index (χ3n) is 12.1. The molecule has 0 aliphatic carbocycles. The first-order valence-electron chi connectivity index (χ1n) is 20.3. The van der Waals surface area contributed by atoms with Gasteiger partial charge in [0.05, 0.1) is 17.4 Å². The van der Waals surface area contributed by atoms with Gasteiger partial charge in [-0.25, -0.2) is 14.8 Å². The molecule has 3 aromatic heterocycles. The minimum Gasteiger partial charge on any atom is -0.351 e. The van der Waals surface area contributed by atoms with Crippen LogP contribution in [0.2, 0.25) is 0 Å². The van der Waals surface area contributed by atoms with E-state index in [1.165, 1.54) is 19.1 Å². The lowest BCUT2D eigenvalue weighted by molar-refractivity contribution is -0.142. The van der Waals surface area contributed by atoms with Crippen LogP contribution < -0.4 is 15.5 Å². The summed E-state index contributed by atoms with van der Waals surface area (Å²) >= 11 is 0. The van der Waals surface area contributed by atoms with Gasteiger partial charge in [0.25, 0.3) is 10.2 Å². The molecule has 0 radical (unpaired) electrons. The second kappa shape index (κ2) is 16.8. The van der Waals surface area contributed by atoms with E-state index in [4.69, 9.17) is 0 Å². The van der Waals surface area contributed by atoms with E-state index >= 15 is 0 Å². The average Bonchev–Trinajstić information content (AvgIpc) is 3.80. The monoisotopic (exact) mass is 880 g/mol. The van der Waals surface area contributed by atoms with E-state index in [-0.39, 0.29) is 49.5 Å². The van der Waals surface area contributed by atoms with Crippen LogP contribution in [0.25, 0.3) is 22.2 Å². The first kappa shape index (κ1) is 42.8. The number of hydrogen-bond acceptors (Lipinski definition) is 10. The van der Waals surface area contributed by atoms with Crippen LogP contribution in [0, 0.1) is 5.92 Å². The van der Waals surface area contributed by atoms with Gasteiger partial charge in [0.2, 0.25) is 11.9 Å². The maximum Gasteiger partial charge on any atom is 0.419 e. The molecular weight excluding hydrogens is 835 g/mol. The molecule has 1 aromatic carbocycles. The summed E-state index contributed by atoms with van der Waals surface area (Å²) in [5, 5.41) is 14.3. The molecule has 7 heterocycles. The van der Waals surface area contributed by atoms with E-state index in [2.05, 4.69) is 47.8 Å². The van der Waals surface area contributed by atoms with Gasteiger partial charge in [0.15, 0.2) is 5.82 Å². The number of rotatable bonds is 10. The molecule has 0 saturated carbocycles. The Morgan fingerprint density at radius 1 is 0.885 bits per heavy atom. The van der Waals surface area contributed by atoms with Crippen LogP contribution in [0.1, 0.15) is 62.0 Å². The molecule has 4 aliphatic rings. The van der Waals surface area contributed by atoms with Crippen LogP contribution in [0.5, 0.6) is 0 Å². The number of amides is 3. The highest BCUT2D eigenvalue weighted by Crippen LogP contribution is 2.37. The van der Waals surface area contributed by atoms with Crippen molar-refractivity contribution in [2.45, 2.75) is 75.8 Å². The van der Waals surface area contributed by atoms with Crippen LogP contribution in [-0.4, -0.2) is 128 Å². The predicted octanol–water partition coefficient (Wildman–Crippen LogP) is 4.97. The van der Waals surface area contributed by atoms with Crippen LogP contribution in [-0.2, 0) is 34.8 Å².